The highest BCUT2D eigenvalue weighted by Crippen LogP contribution is 2.18. The van der Waals surface area contributed by atoms with E-state index >= 15 is 0 Å². The number of aromatic nitrogens is 2. The predicted octanol–water partition coefficient (Wildman–Crippen LogP) is 2.24. The largest absolute Gasteiger partial charge is 0.370 e. The van der Waals surface area contributed by atoms with Crippen molar-refractivity contribution < 1.29 is 0 Å². The van der Waals surface area contributed by atoms with Crippen LogP contribution in [-0.4, -0.2) is 41.5 Å². The average Bonchev–Trinajstić information content (AvgIpc) is 2.34. The van der Waals surface area contributed by atoms with Gasteiger partial charge in [0.2, 0.25) is 0 Å². The molecule has 1 aliphatic heterocycles. The molecule has 4 nitrogen and oxygen atoms in total. The van der Waals surface area contributed by atoms with Crippen LogP contribution >= 0.6 is 0 Å². The Kier molecular flexibility index (Phi) is 4.53. The number of hydrogen-bond donors (Lipinski definition) is 1. The van der Waals surface area contributed by atoms with Crippen LogP contribution in [-0.2, 0) is 0 Å². The van der Waals surface area contributed by atoms with Gasteiger partial charge in [0.1, 0.15) is 11.6 Å². The molecule has 0 aromatic carbocycles. The summed E-state index contributed by atoms with van der Waals surface area (Å²) in [5, 5.41) is 3.45. The van der Waals surface area contributed by atoms with Crippen LogP contribution in [0.2, 0.25) is 0 Å². The van der Waals surface area contributed by atoms with Crippen molar-refractivity contribution in [1.29, 1.82) is 0 Å². The molecule has 18 heavy (non-hydrogen) atoms. The molecule has 1 fully saturated rings. The average molecular weight is 248 g/mol. The molecule has 0 unspecified atom stereocenters. The topological polar surface area (TPSA) is 41.1 Å². The second-order valence-electron chi connectivity index (χ2n) is 5.43. The van der Waals surface area contributed by atoms with Gasteiger partial charge in [0.05, 0.1) is 0 Å². The van der Waals surface area contributed by atoms with Crippen LogP contribution in [0.3, 0.4) is 0 Å². The van der Waals surface area contributed by atoms with Gasteiger partial charge < -0.3 is 10.2 Å². The lowest BCUT2D eigenvalue weighted by Gasteiger charge is -2.29. The van der Waals surface area contributed by atoms with Crippen molar-refractivity contribution in [3.8, 4) is 0 Å². The van der Waals surface area contributed by atoms with E-state index in [1.807, 2.05) is 13.1 Å². The van der Waals surface area contributed by atoms with Crippen molar-refractivity contribution in [2.24, 2.45) is 5.92 Å². The van der Waals surface area contributed by atoms with Crippen LogP contribution < -0.4 is 5.32 Å². The zero-order valence-electron chi connectivity index (χ0n) is 11.7. The summed E-state index contributed by atoms with van der Waals surface area (Å²) in [5.74, 6) is 2.66. The number of nitrogens with one attached hydrogen (secondary N) is 1. The molecular weight excluding hydrogens is 224 g/mol. The molecule has 2 rings (SSSR count). The first-order chi connectivity index (χ1) is 8.65. The third kappa shape index (κ3) is 3.67. The van der Waals surface area contributed by atoms with Crippen LogP contribution in [0.15, 0.2) is 6.20 Å². The van der Waals surface area contributed by atoms with Gasteiger partial charge in [-0.1, -0.05) is 0 Å². The zero-order valence-corrected chi connectivity index (χ0v) is 11.7. The fourth-order valence-electron chi connectivity index (χ4n) is 2.61. The zero-order chi connectivity index (χ0) is 13.0. The van der Waals surface area contributed by atoms with Gasteiger partial charge in [0, 0.05) is 24.8 Å². The molecule has 0 amide bonds. The molecule has 100 valence electrons. The van der Waals surface area contributed by atoms with Crippen LogP contribution in [0.1, 0.15) is 30.7 Å². The van der Waals surface area contributed by atoms with Crippen LogP contribution in [0.25, 0.3) is 0 Å². The van der Waals surface area contributed by atoms with E-state index in [0.29, 0.717) is 0 Å². The number of anilines is 1. The molecule has 2 heterocycles. The summed E-state index contributed by atoms with van der Waals surface area (Å²) in [5.41, 5.74) is 1.13. The quantitative estimate of drug-likeness (QED) is 0.887. The molecule has 1 aliphatic rings. The van der Waals surface area contributed by atoms with Gasteiger partial charge in [-0.3, -0.25) is 0 Å². The maximum atomic E-state index is 4.44. The fourth-order valence-corrected chi connectivity index (χ4v) is 2.61. The third-order valence-corrected chi connectivity index (χ3v) is 3.66. The molecule has 0 bridgehead atoms. The Morgan fingerprint density at radius 3 is 3.06 bits per heavy atom. The van der Waals surface area contributed by atoms with E-state index in [4.69, 9.17) is 0 Å². The smallest absolute Gasteiger partial charge is 0.132 e. The summed E-state index contributed by atoms with van der Waals surface area (Å²) in [6.07, 6.45) is 5.83. The van der Waals surface area contributed by atoms with Crippen molar-refractivity contribution in [3.63, 3.8) is 0 Å². The van der Waals surface area contributed by atoms with Gasteiger partial charge >= 0.3 is 0 Å². The van der Waals surface area contributed by atoms with Gasteiger partial charge in [-0.15, -0.1) is 0 Å². The SMILES string of the molecule is Cc1ncc(C)c(NCC[C@H]2CCCN(C)C2)n1. The first kappa shape index (κ1) is 13.3. The van der Waals surface area contributed by atoms with Crippen LogP contribution in [0.5, 0.6) is 0 Å². The lowest BCUT2D eigenvalue weighted by Crippen LogP contribution is -2.32. The van der Waals surface area contributed by atoms with Crippen molar-refractivity contribution in [2.75, 3.05) is 32.0 Å². The Bertz CT molecular complexity index is 391. The number of nitrogens with zero attached hydrogens (tertiary/aromatic N) is 3. The summed E-state index contributed by atoms with van der Waals surface area (Å²) in [7, 11) is 2.22. The van der Waals surface area contributed by atoms with Gasteiger partial charge in [0.15, 0.2) is 0 Å². The minimum atomic E-state index is 0.833. The van der Waals surface area contributed by atoms with E-state index in [1.165, 1.54) is 32.4 Å². The Hall–Kier alpha value is -1.16. The number of hydrogen-bond acceptors (Lipinski definition) is 4. The van der Waals surface area contributed by atoms with Gasteiger partial charge in [-0.05, 0) is 52.6 Å². The summed E-state index contributed by atoms with van der Waals surface area (Å²) >= 11 is 0. The van der Waals surface area contributed by atoms with Crippen molar-refractivity contribution in [1.82, 2.24) is 14.9 Å². The summed E-state index contributed by atoms with van der Waals surface area (Å²) < 4.78 is 0. The maximum absolute atomic E-state index is 4.44. The summed E-state index contributed by atoms with van der Waals surface area (Å²) in [4.78, 5) is 11.1. The Balaban J connectivity index is 1.79. The van der Waals surface area contributed by atoms with E-state index in [0.717, 1.165) is 29.7 Å². The van der Waals surface area contributed by atoms with Gasteiger partial charge in [-0.25, -0.2) is 9.97 Å². The van der Waals surface area contributed by atoms with Gasteiger partial charge in [-0.2, -0.15) is 0 Å². The number of piperidine rings is 1. The summed E-state index contributed by atoms with van der Waals surface area (Å²) in [6, 6.07) is 0. The molecule has 1 N–H and O–H groups in total. The lowest BCUT2D eigenvalue weighted by molar-refractivity contribution is 0.205. The lowest BCUT2D eigenvalue weighted by atomic mass is 9.95. The Morgan fingerprint density at radius 1 is 1.44 bits per heavy atom. The molecule has 0 spiro atoms. The number of aryl methyl sites for hydroxylation is 2. The highest BCUT2D eigenvalue weighted by Gasteiger charge is 2.16. The minimum Gasteiger partial charge on any atom is -0.370 e. The van der Waals surface area contributed by atoms with E-state index in [1.54, 1.807) is 0 Å². The Labute approximate surface area is 110 Å². The molecule has 0 radical (unpaired) electrons. The second-order valence-corrected chi connectivity index (χ2v) is 5.43. The highest BCUT2D eigenvalue weighted by atomic mass is 15.1. The molecule has 0 saturated carbocycles. The first-order valence-corrected chi connectivity index (χ1v) is 6.88. The number of likely N-dealkylation sites (tertiary alicyclic amines) is 1. The molecule has 0 aliphatic carbocycles. The number of rotatable bonds is 4. The monoisotopic (exact) mass is 248 g/mol. The van der Waals surface area contributed by atoms with E-state index in [2.05, 4.69) is 34.2 Å². The van der Waals surface area contributed by atoms with E-state index in [9.17, 15) is 0 Å². The molecule has 1 atom stereocenters. The first-order valence-electron chi connectivity index (χ1n) is 6.88. The highest BCUT2D eigenvalue weighted by molar-refractivity contribution is 5.41. The van der Waals surface area contributed by atoms with Gasteiger partial charge in [0.25, 0.3) is 0 Å². The van der Waals surface area contributed by atoms with Crippen LogP contribution in [0.4, 0.5) is 5.82 Å². The van der Waals surface area contributed by atoms with Crippen molar-refractivity contribution in [2.45, 2.75) is 33.1 Å². The molecule has 1 aromatic rings. The maximum Gasteiger partial charge on any atom is 0.132 e. The predicted molar refractivity (Wildman–Crippen MR) is 74.8 cm³/mol. The summed E-state index contributed by atoms with van der Waals surface area (Å²) in [6.45, 7) is 7.49. The van der Waals surface area contributed by atoms with Crippen LogP contribution in [0, 0.1) is 19.8 Å². The van der Waals surface area contributed by atoms with E-state index in [-0.39, 0.29) is 0 Å². The molecule has 1 saturated heterocycles. The van der Waals surface area contributed by atoms with E-state index < -0.39 is 0 Å². The minimum absolute atomic E-state index is 0.833. The molecule has 4 heteroatoms. The van der Waals surface area contributed by atoms with Crippen molar-refractivity contribution in [3.05, 3.63) is 17.6 Å². The standard InChI is InChI=1S/C14H24N4/c1-11-9-16-12(2)17-14(11)15-7-6-13-5-4-8-18(3)10-13/h9,13H,4-8,10H2,1-3H3,(H,15,16,17)/t13-/m1/s1. The molecule has 1 aromatic heterocycles. The van der Waals surface area contributed by atoms with Crippen molar-refractivity contribution >= 4 is 5.82 Å². The Morgan fingerprint density at radius 2 is 2.28 bits per heavy atom. The second kappa shape index (κ2) is 6.14. The molecular formula is C14H24N4. The normalized spacial score (nSPS) is 20.9. The fraction of sp³-hybridized carbons (Fsp3) is 0.714. The third-order valence-electron chi connectivity index (χ3n) is 3.66.